The highest BCUT2D eigenvalue weighted by atomic mass is 35.5. The smallest absolute Gasteiger partial charge is 0.326 e. The predicted molar refractivity (Wildman–Crippen MR) is 92.7 cm³/mol. The van der Waals surface area contributed by atoms with Gasteiger partial charge in [-0.15, -0.1) is 0 Å². The fourth-order valence-electron chi connectivity index (χ4n) is 5.12. The fraction of sp³-hybridized carbons (Fsp3) is 0.450. The van der Waals surface area contributed by atoms with Crippen LogP contribution in [0, 0.1) is 35.5 Å². The molecule has 2 saturated carbocycles. The van der Waals surface area contributed by atoms with Crippen molar-refractivity contribution in [2.45, 2.75) is 13.0 Å². The van der Waals surface area contributed by atoms with Gasteiger partial charge in [-0.1, -0.05) is 42.0 Å². The van der Waals surface area contributed by atoms with Crippen molar-refractivity contribution in [1.82, 2.24) is 4.90 Å². The average Bonchev–Trinajstić information content (AvgIpc) is 3.42. The topological polar surface area (TPSA) is 63.7 Å². The quantitative estimate of drug-likeness (QED) is 0.463. The molecule has 0 radical (unpaired) electrons. The van der Waals surface area contributed by atoms with Crippen LogP contribution in [0.5, 0.6) is 0 Å². The number of benzene rings is 1. The summed E-state index contributed by atoms with van der Waals surface area (Å²) in [6.07, 6.45) is 5.35. The molecule has 134 valence electrons. The summed E-state index contributed by atoms with van der Waals surface area (Å²) in [6.45, 7) is -0.289. The van der Waals surface area contributed by atoms with Crippen molar-refractivity contribution in [2.24, 2.45) is 35.5 Å². The number of halogens is 1. The Kier molecular flexibility index (Phi) is 3.51. The molecule has 6 rings (SSSR count). The number of ether oxygens (including phenoxy) is 1. The Labute approximate surface area is 155 Å². The molecule has 6 atom stereocenters. The average molecular weight is 372 g/mol. The van der Waals surface area contributed by atoms with Crippen LogP contribution in [0.2, 0.25) is 5.02 Å². The normalized spacial score (nSPS) is 36.1. The number of allylic oxidation sites excluding steroid dienone is 2. The zero-order valence-corrected chi connectivity index (χ0v) is 14.8. The van der Waals surface area contributed by atoms with Gasteiger partial charge in [-0.05, 0) is 36.2 Å². The summed E-state index contributed by atoms with van der Waals surface area (Å²) in [5, 5.41) is 0.515. The lowest BCUT2D eigenvalue weighted by molar-refractivity contribution is -0.154. The highest BCUT2D eigenvalue weighted by Crippen LogP contribution is 2.65. The molecule has 5 aliphatic rings. The zero-order valence-electron chi connectivity index (χ0n) is 14.0. The van der Waals surface area contributed by atoms with Crippen molar-refractivity contribution in [3.05, 3.63) is 47.0 Å². The predicted octanol–water partition coefficient (Wildman–Crippen LogP) is 2.44. The monoisotopic (exact) mass is 371 g/mol. The van der Waals surface area contributed by atoms with E-state index in [9.17, 15) is 14.4 Å². The number of imide groups is 1. The van der Waals surface area contributed by atoms with Gasteiger partial charge in [-0.2, -0.15) is 0 Å². The number of likely N-dealkylation sites (tertiary alicyclic amines) is 1. The number of amides is 2. The summed E-state index contributed by atoms with van der Waals surface area (Å²) in [5.74, 6) is -0.138. The molecular formula is C20H18ClNO4. The third-order valence-electron chi connectivity index (χ3n) is 6.39. The highest BCUT2D eigenvalue weighted by molar-refractivity contribution is 6.31. The molecule has 0 aromatic heterocycles. The van der Waals surface area contributed by atoms with Crippen molar-refractivity contribution < 1.29 is 19.1 Å². The molecule has 26 heavy (non-hydrogen) atoms. The molecule has 2 bridgehead atoms. The van der Waals surface area contributed by atoms with E-state index in [1.54, 1.807) is 24.3 Å². The molecule has 3 fully saturated rings. The molecular weight excluding hydrogens is 354 g/mol. The van der Waals surface area contributed by atoms with E-state index in [1.165, 1.54) is 0 Å². The van der Waals surface area contributed by atoms with Gasteiger partial charge in [-0.25, -0.2) is 0 Å². The van der Waals surface area contributed by atoms with E-state index in [0.29, 0.717) is 22.4 Å². The molecule has 6 heteroatoms. The maximum atomic E-state index is 12.8. The number of carbonyl (C=O) groups is 3. The Morgan fingerprint density at radius 3 is 2.31 bits per heavy atom. The van der Waals surface area contributed by atoms with Gasteiger partial charge < -0.3 is 4.74 Å². The fourth-order valence-corrected chi connectivity index (χ4v) is 5.31. The van der Waals surface area contributed by atoms with Crippen LogP contribution in [-0.4, -0.2) is 29.2 Å². The first-order valence-electron chi connectivity index (χ1n) is 8.99. The third-order valence-corrected chi connectivity index (χ3v) is 6.76. The third kappa shape index (κ3) is 2.26. The van der Waals surface area contributed by atoms with Crippen LogP contribution in [0.4, 0.5) is 0 Å². The zero-order chi connectivity index (χ0) is 18.0. The summed E-state index contributed by atoms with van der Waals surface area (Å²) in [5.41, 5.74) is 0.692. The second-order valence-corrected chi connectivity index (χ2v) is 8.08. The first-order chi connectivity index (χ1) is 12.6. The van der Waals surface area contributed by atoms with Crippen LogP contribution in [0.25, 0.3) is 0 Å². The summed E-state index contributed by atoms with van der Waals surface area (Å²) < 4.78 is 5.23. The van der Waals surface area contributed by atoms with E-state index in [4.69, 9.17) is 16.3 Å². The van der Waals surface area contributed by atoms with E-state index in [0.717, 1.165) is 11.3 Å². The van der Waals surface area contributed by atoms with Crippen LogP contribution in [0.3, 0.4) is 0 Å². The molecule has 1 heterocycles. The minimum absolute atomic E-state index is 0.0263. The van der Waals surface area contributed by atoms with Crippen molar-refractivity contribution in [1.29, 1.82) is 0 Å². The molecule has 0 spiro atoms. The maximum absolute atomic E-state index is 12.8. The first kappa shape index (κ1) is 16.1. The van der Waals surface area contributed by atoms with E-state index < -0.39 is 5.97 Å². The highest BCUT2D eigenvalue weighted by Gasteiger charge is 2.67. The lowest BCUT2D eigenvalue weighted by Crippen LogP contribution is -2.40. The molecule has 1 aromatic carbocycles. The number of carbonyl (C=O) groups excluding carboxylic acids is 3. The van der Waals surface area contributed by atoms with E-state index in [2.05, 4.69) is 12.2 Å². The van der Waals surface area contributed by atoms with Gasteiger partial charge in [0.25, 0.3) is 0 Å². The molecule has 1 saturated heterocycles. The SMILES string of the molecule is O=C(CN1C(=O)[C@@H]2[C@@H]3C=C[C@H]([C@H]4C[C@H]34)[C@@H]2C1=O)OCc1ccccc1Cl. The van der Waals surface area contributed by atoms with Crippen molar-refractivity contribution in [2.75, 3.05) is 6.54 Å². The Hall–Kier alpha value is -2.14. The summed E-state index contributed by atoms with van der Waals surface area (Å²) in [7, 11) is 0. The van der Waals surface area contributed by atoms with Gasteiger partial charge >= 0.3 is 5.97 Å². The Morgan fingerprint density at radius 2 is 1.69 bits per heavy atom. The van der Waals surface area contributed by atoms with E-state index in [-0.39, 0.29) is 48.6 Å². The molecule has 2 amide bonds. The number of rotatable bonds is 4. The van der Waals surface area contributed by atoms with Gasteiger partial charge in [-0.3, -0.25) is 19.3 Å². The number of hydrogen-bond donors (Lipinski definition) is 0. The number of esters is 1. The second kappa shape index (κ2) is 5.68. The summed E-state index contributed by atoms with van der Waals surface area (Å²) >= 11 is 6.05. The molecule has 1 aromatic rings. The standard InChI is InChI=1S/C20H18ClNO4/c21-15-4-2-1-3-10(15)9-26-16(23)8-22-19(24)17-11-5-6-12(14-7-13(11)14)18(17)20(22)25/h1-6,11-14,17-18H,7-9H2/t11-,12-,13-,14-,17-,18+/m1/s1. The van der Waals surface area contributed by atoms with Crippen molar-refractivity contribution in [3.63, 3.8) is 0 Å². The van der Waals surface area contributed by atoms with Crippen LogP contribution in [0.1, 0.15) is 12.0 Å². The van der Waals surface area contributed by atoms with Gasteiger partial charge in [0.05, 0.1) is 11.8 Å². The van der Waals surface area contributed by atoms with E-state index in [1.807, 2.05) is 0 Å². The Bertz CT molecular complexity index is 814. The molecule has 5 nitrogen and oxygen atoms in total. The van der Waals surface area contributed by atoms with Gasteiger partial charge in [0.1, 0.15) is 13.2 Å². The molecule has 1 aliphatic heterocycles. The lowest BCUT2D eigenvalue weighted by Gasteiger charge is -2.37. The summed E-state index contributed by atoms with van der Waals surface area (Å²) in [6, 6.07) is 7.09. The number of hydrogen-bond acceptors (Lipinski definition) is 4. The minimum atomic E-state index is -0.587. The van der Waals surface area contributed by atoms with Gasteiger partial charge in [0.2, 0.25) is 11.8 Å². The molecule has 0 N–H and O–H groups in total. The lowest BCUT2D eigenvalue weighted by atomic mass is 9.63. The van der Waals surface area contributed by atoms with Crippen LogP contribution in [0.15, 0.2) is 36.4 Å². The van der Waals surface area contributed by atoms with Gasteiger partial charge in [0, 0.05) is 10.6 Å². The first-order valence-corrected chi connectivity index (χ1v) is 9.36. The largest absolute Gasteiger partial charge is 0.459 e. The Morgan fingerprint density at radius 1 is 1.08 bits per heavy atom. The van der Waals surface area contributed by atoms with Gasteiger partial charge in [0.15, 0.2) is 0 Å². The van der Waals surface area contributed by atoms with Crippen molar-refractivity contribution in [3.8, 4) is 0 Å². The van der Waals surface area contributed by atoms with Crippen molar-refractivity contribution >= 4 is 29.4 Å². The van der Waals surface area contributed by atoms with Crippen LogP contribution in [-0.2, 0) is 25.7 Å². The van der Waals surface area contributed by atoms with E-state index >= 15 is 0 Å². The van der Waals surface area contributed by atoms with Crippen LogP contribution < -0.4 is 0 Å². The maximum Gasteiger partial charge on any atom is 0.326 e. The molecule has 0 unspecified atom stereocenters. The molecule has 4 aliphatic carbocycles. The minimum Gasteiger partial charge on any atom is -0.459 e. The number of nitrogens with zero attached hydrogens (tertiary/aromatic N) is 1. The Balaban J connectivity index is 1.27. The summed E-state index contributed by atoms with van der Waals surface area (Å²) in [4.78, 5) is 38.9. The second-order valence-electron chi connectivity index (χ2n) is 7.67. The van der Waals surface area contributed by atoms with Crippen LogP contribution >= 0.6 is 11.6 Å².